The highest BCUT2D eigenvalue weighted by atomic mass is 32.2. The van der Waals surface area contributed by atoms with Crippen molar-refractivity contribution >= 4 is 63.7 Å². The molecule has 0 aliphatic carbocycles. The molecule has 2 atom stereocenters. The number of carbonyl (C=O) groups is 3. The molecule has 0 saturated carbocycles. The standard InChI is InChI=1S/C18H17F3N10O5S3/c1-2-3-30-17(25-28-29-30)38-5-7-4-37-14-9(13(33)31(14)10(7)15(34)35)23-12(32)8(11-24-16(22)39-27-11)26-36-6-18(19,20)21/h2,9,14H,1,3-6H2,(H,23,32)(H,34,35)(H2,22,24,27)/t9?,14-/m0/s1. The van der Waals surface area contributed by atoms with Gasteiger partial charge in [-0.1, -0.05) is 23.0 Å². The first-order valence-electron chi connectivity index (χ1n) is 10.6. The number of anilines is 1. The lowest BCUT2D eigenvalue weighted by atomic mass is 10.0. The van der Waals surface area contributed by atoms with Gasteiger partial charge in [-0.3, -0.25) is 14.5 Å². The summed E-state index contributed by atoms with van der Waals surface area (Å²) in [6.45, 7) is 2.17. The summed E-state index contributed by atoms with van der Waals surface area (Å²) in [4.78, 5) is 46.9. The SMILES string of the molecule is C=CCn1nnnc1SCC1=C(C(=O)O)N2C(=O)C(NC(=O)C(=NOCC(F)(F)F)c3nsc(N)n3)[C@@H]2SC1. The Bertz CT molecular complexity index is 1360. The molecule has 2 aromatic rings. The number of tetrazole rings is 1. The van der Waals surface area contributed by atoms with Gasteiger partial charge in [0.1, 0.15) is 17.1 Å². The Balaban J connectivity index is 1.48. The van der Waals surface area contributed by atoms with Crippen LogP contribution in [0.5, 0.6) is 0 Å². The third kappa shape index (κ3) is 6.30. The van der Waals surface area contributed by atoms with Crippen LogP contribution >= 0.6 is 35.1 Å². The fourth-order valence-electron chi connectivity index (χ4n) is 3.38. The molecule has 2 aliphatic heterocycles. The quantitative estimate of drug-likeness (QED) is 0.102. The number of nitrogens with one attached hydrogen (secondary N) is 1. The fourth-order valence-corrected chi connectivity index (χ4v) is 6.18. The molecule has 2 aliphatic rings. The average Bonchev–Trinajstić information content (AvgIpc) is 3.51. The Morgan fingerprint density at radius 2 is 2.18 bits per heavy atom. The van der Waals surface area contributed by atoms with Gasteiger partial charge in [0.25, 0.3) is 11.8 Å². The molecular weight excluding hydrogens is 589 g/mol. The van der Waals surface area contributed by atoms with Crippen LogP contribution in [0.1, 0.15) is 5.82 Å². The lowest BCUT2D eigenvalue weighted by molar-refractivity contribution is -0.174. The molecule has 4 heterocycles. The second-order valence-electron chi connectivity index (χ2n) is 7.62. The molecule has 208 valence electrons. The van der Waals surface area contributed by atoms with E-state index in [0.717, 1.165) is 4.90 Å². The van der Waals surface area contributed by atoms with Gasteiger partial charge in [-0.05, 0) is 16.0 Å². The van der Waals surface area contributed by atoms with Crippen molar-refractivity contribution in [1.29, 1.82) is 0 Å². The number of nitrogen functional groups attached to an aromatic ring is 1. The molecule has 0 spiro atoms. The minimum Gasteiger partial charge on any atom is -0.477 e. The Morgan fingerprint density at radius 3 is 2.82 bits per heavy atom. The Hall–Kier alpha value is -3.72. The first-order valence-corrected chi connectivity index (χ1v) is 13.4. The number of aromatic nitrogens is 6. The number of amides is 2. The number of fused-ring (bicyclic) bond motifs is 1. The van der Waals surface area contributed by atoms with Crippen molar-refractivity contribution in [2.75, 3.05) is 23.8 Å². The minimum absolute atomic E-state index is 0.0878. The summed E-state index contributed by atoms with van der Waals surface area (Å²) in [6.07, 6.45) is -3.13. The monoisotopic (exact) mass is 606 g/mol. The number of hydrogen-bond donors (Lipinski definition) is 3. The zero-order valence-electron chi connectivity index (χ0n) is 19.4. The van der Waals surface area contributed by atoms with Crippen LogP contribution in [0.4, 0.5) is 18.3 Å². The average molecular weight is 607 g/mol. The molecule has 0 bridgehead atoms. The van der Waals surface area contributed by atoms with Crippen molar-refractivity contribution in [2.45, 2.75) is 29.3 Å². The van der Waals surface area contributed by atoms with Crippen LogP contribution in [0.3, 0.4) is 0 Å². The normalized spacial score (nSPS) is 19.4. The number of alkyl halides is 3. The van der Waals surface area contributed by atoms with Gasteiger partial charge in [-0.25, -0.2) is 9.48 Å². The van der Waals surface area contributed by atoms with Gasteiger partial charge in [0.05, 0.1) is 6.54 Å². The van der Waals surface area contributed by atoms with Crippen LogP contribution in [-0.4, -0.2) is 98.8 Å². The van der Waals surface area contributed by atoms with Crippen molar-refractivity contribution in [2.24, 2.45) is 5.16 Å². The van der Waals surface area contributed by atoms with Crippen LogP contribution in [0.15, 0.2) is 34.2 Å². The predicted octanol–water partition coefficient (Wildman–Crippen LogP) is 0.107. The number of nitrogens with zero attached hydrogens (tertiary/aromatic N) is 8. The van der Waals surface area contributed by atoms with E-state index >= 15 is 0 Å². The number of carbonyl (C=O) groups excluding carboxylic acids is 2. The molecule has 21 heteroatoms. The summed E-state index contributed by atoms with van der Waals surface area (Å²) in [7, 11) is 0. The zero-order valence-corrected chi connectivity index (χ0v) is 21.8. The summed E-state index contributed by atoms with van der Waals surface area (Å²) in [5.74, 6) is -3.21. The second kappa shape index (κ2) is 11.6. The van der Waals surface area contributed by atoms with Crippen LogP contribution in [0, 0.1) is 0 Å². The Kier molecular flexibility index (Phi) is 8.39. The van der Waals surface area contributed by atoms with Gasteiger partial charge in [0.2, 0.25) is 23.3 Å². The number of hydrogen-bond acceptors (Lipinski definition) is 14. The summed E-state index contributed by atoms with van der Waals surface area (Å²) >= 11 is 3.03. The molecule has 2 aromatic heterocycles. The van der Waals surface area contributed by atoms with E-state index in [0.29, 0.717) is 28.8 Å². The molecule has 2 amide bonds. The Labute approximate surface area is 228 Å². The van der Waals surface area contributed by atoms with E-state index in [-0.39, 0.29) is 22.3 Å². The van der Waals surface area contributed by atoms with Crippen LogP contribution in [0.25, 0.3) is 0 Å². The van der Waals surface area contributed by atoms with Crippen molar-refractivity contribution in [3.8, 4) is 0 Å². The number of carboxylic acids is 1. The Morgan fingerprint density at radius 1 is 1.41 bits per heavy atom. The number of aliphatic carboxylic acids is 1. The number of β-lactam (4-membered cyclic amide) rings is 1. The summed E-state index contributed by atoms with van der Waals surface area (Å²) < 4.78 is 42.7. The molecule has 0 radical (unpaired) electrons. The smallest absolute Gasteiger partial charge is 0.425 e. The maximum absolute atomic E-state index is 12.9. The van der Waals surface area contributed by atoms with E-state index in [1.165, 1.54) is 28.2 Å². The van der Waals surface area contributed by atoms with Gasteiger partial charge in [0.15, 0.2) is 5.13 Å². The largest absolute Gasteiger partial charge is 0.477 e. The molecule has 4 rings (SSSR count). The maximum atomic E-state index is 12.9. The topological polar surface area (TPSA) is 204 Å². The number of allylic oxidation sites excluding steroid dienone is 1. The number of rotatable bonds is 11. The number of nitrogens with two attached hydrogens (primary N) is 1. The lowest BCUT2D eigenvalue weighted by Crippen LogP contribution is -2.71. The number of thioether (sulfide) groups is 2. The lowest BCUT2D eigenvalue weighted by Gasteiger charge is -2.49. The van der Waals surface area contributed by atoms with E-state index in [9.17, 15) is 32.7 Å². The molecule has 0 aromatic carbocycles. The van der Waals surface area contributed by atoms with Gasteiger partial charge >= 0.3 is 12.1 Å². The molecular formula is C18H17F3N10O5S3. The van der Waals surface area contributed by atoms with Crippen molar-refractivity contribution in [3.05, 3.63) is 29.7 Å². The molecule has 1 saturated heterocycles. The maximum Gasteiger partial charge on any atom is 0.425 e. The predicted molar refractivity (Wildman–Crippen MR) is 131 cm³/mol. The van der Waals surface area contributed by atoms with Crippen LogP contribution < -0.4 is 11.1 Å². The number of carboxylic acid groups (broad SMARTS) is 1. The minimum atomic E-state index is -4.73. The third-order valence-electron chi connectivity index (χ3n) is 4.97. The van der Waals surface area contributed by atoms with Crippen molar-refractivity contribution in [1.82, 2.24) is 39.8 Å². The van der Waals surface area contributed by atoms with Crippen molar-refractivity contribution < 1.29 is 37.5 Å². The highest BCUT2D eigenvalue weighted by molar-refractivity contribution is 8.01. The van der Waals surface area contributed by atoms with Gasteiger partial charge in [-0.2, -0.15) is 22.5 Å². The van der Waals surface area contributed by atoms with Gasteiger partial charge in [-0.15, -0.1) is 23.4 Å². The van der Waals surface area contributed by atoms with E-state index in [1.807, 2.05) is 0 Å². The van der Waals surface area contributed by atoms with E-state index in [2.05, 4.69) is 46.8 Å². The molecule has 4 N–H and O–H groups in total. The van der Waals surface area contributed by atoms with E-state index in [1.54, 1.807) is 6.08 Å². The zero-order chi connectivity index (χ0) is 28.3. The van der Waals surface area contributed by atoms with Gasteiger partial charge in [0, 0.05) is 23.0 Å². The summed E-state index contributed by atoms with van der Waals surface area (Å²) in [5.41, 5.74) is 4.96. The fraction of sp³-hybridized carbons (Fsp3) is 0.389. The second-order valence-corrected chi connectivity index (χ2v) is 10.5. The first-order chi connectivity index (χ1) is 18.5. The third-order valence-corrected chi connectivity index (χ3v) is 7.89. The molecule has 15 nitrogen and oxygen atoms in total. The van der Waals surface area contributed by atoms with Crippen LogP contribution in [0.2, 0.25) is 0 Å². The summed E-state index contributed by atoms with van der Waals surface area (Å²) in [5, 5.41) is 26.2. The highest BCUT2D eigenvalue weighted by Crippen LogP contribution is 2.41. The molecule has 39 heavy (non-hydrogen) atoms. The van der Waals surface area contributed by atoms with Crippen molar-refractivity contribution in [3.63, 3.8) is 0 Å². The first kappa shape index (κ1) is 28.3. The number of oxime groups is 1. The van der Waals surface area contributed by atoms with Gasteiger partial charge < -0.3 is 21.0 Å². The van der Waals surface area contributed by atoms with E-state index < -0.39 is 53.5 Å². The molecule has 1 fully saturated rings. The van der Waals surface area contributed by atoms with Crippen LogP contribution in [-0.2, 0) is 25.8 Å². The summed E-state index contributed by atoms with van der Waals surface area (Å²) in [6, 6.07) is -1.20. The highest BCUT2D eigenvalue weighted by Gasteiger charge is 2.54. The van der Waals surface area contributed by atoms with E-state index in [4.69, 9.17) is 5.73 Å². The number of halogens is 3. The molecule has 1 unspecified atom stereocenters.